The maximum absolute atomic E-state index is 13.9. The van der Waals surface area contributed by atoms with Crippen LogP contribution in [0.25, 0.3) is 27.7 Å². The zero-order chi connectivity index (χ0) is 23.3. The van der Waals surface area contributed by atoms with E-state index in [2.05, 4.69) is 0 Å². The first-order valence-electron chi connectivity index (χ1n) is 10.2. The molecule has 0 radical (unpaired) electrons. The Morgan fingerprint density at radius 1 is 0.909 bits per heavy atom. The van der Waals surface area contributed by atoms with Crippen molar-refractivity contribution in [3.05, 3.63) is 87.7 Å². The molecule has 0 spiro atoms. The van der Waals surface area contributed by atoms with E-state index in [0.29, 0.717) is 44.8 Å². The molecule has 0 amide bonds. The van der Waals surface area contributed by atoms with Crippen LogP contribution in [0.15, 0.2) is 65.5 Å². The number of pyridine rings is 1. The van der Waals surface area contributed by atoms with Crippen LogP contribution in [-0.2, 0) is 11.2 Å². The maximum Gasteiger partial charge on any atom is 0.307 e. The summed E-state index contributed by atoms with van der Waals surface area (Å²) in [5.41, 5.74) is 2.86. The van der Waals surface area contributed by atoms with Crippen LogP contribution in [0.1, 0.15) is 21.5 Å². The number of aromatic nitrogens is 1. The minimum Gasteiger partial charge on any atom is -0.493 e. The molecule has 4 aromatic rings. The van der Waals surface area contributed by atoms with E-state index in [1.165, 1.54) is 18.8 Å². The van der Waals surface area contributed by atoms with Crippen LogP contribution >= 0.6 is 0 Å². The molecule has 0 bridgehead atoms. The van der Waals surface area contributed by atoms with E-state index in [0.717, 1.165) is 0 Å². The third kappa shape index (κ3) is 3.01. The maximum atomic E-state index is 13.9. The van der Waals surface area contributed by atoms with E-state index in [1.54, 1.807) is 48.5 Å². The average Bonchev–Trinajstić information content (AvgIpc) is 3.11. The molecule has 1 aliphatic rings. The van der Waals surface area contributed by atoms with Crippen molar-refractivity contribution in [3.8, 4) is 28.4 Å². The van der Waals surface area contributed by atoms with Gasteiger partial charge < -0.3 is 14.6 Å². The molecule has 0 saturated carbocycles. The monoisotopic (exact) mass is 441 g/mol. The van der Waals surface area contributed by atoms with Crippen LogP contribution in [0.2, 0.25) is 0 Å². The van der Waals surface area contributed by atoms with Crippen molar-refractivity contribution in [2.24, 2.45) is 0 Å². The van der Waals surface area contributed by atoms with Gasteiger partial charge in [0.2, 0.25) is 0 Å². The summed E-state index contributed by atoms with van der Waals surface area (Å²) in [5.74, 6) is -0.479. The highest BCUT2D eigenvalue weighted by Crippen LogP contribution is 2.43. The van der Waals surface area contributed by atoms with Gasteiger partial charge in [-0.15, -0.1) is 0 Å². The van der Waals surface area contributed by atoms with Gasteiger partial charge in [-0.1, -0.05) is 36.4 Å². The van der Waals surface area contributed by atoms with E-state index in [1.807, 2.05) is 12.1 Å². The quantitative estimate of drug-likeness (QED) is 0.445. The van der Waals surface area contributed by atoms with E-state index >= 15 is 0 Å². The SMILES string of the molecule is COc1ccc2c3c(n(-c4ccc(CC(=O)O)cc4)c(=O)c2c1OC)-c1ccccc1C3=O. The summed E-state index contributed by atoms with van der Waals surface area (Å²) >= 11 is 0. The molecular formula is C26H19NO6. The number of ketones is 1. The fourth-order valence-electron chi connectivity index (χ4n) is 4.49. The van der Waals surface area contributed by atoms with Crippen LogP contribution in [0.5, 0.6) is 11.5 Å². The Bertz CT molecular complexity index is 1520. The third-order valence-electron chi connectivity index (χ3n) is 5.90. The summed E-state index contributed by atoms with van der Waals surface area (Å²) in [6.07, 6.45) is -0.128. The van der Waals surface area contributed by atoms with E-state index < -0.39 is 5.97 Å². The third-order valence-corrected chi connectivity index (χ3v) is 5.90. The summed E-state index contributed by atoms with van der Waals surface area (Å²) < 4.78 is 12.4. The molecule has 1 aromatic heterocycles. The number of methoxy groups -OCH3 is 2. The lowest BCUT2D eigenvalue weighted by Crippen LogP contribution is -2.22. The van der Waals surface area contributed by atoms with Gasteiger partial charge >= 0.3 is 5.97 Å². The molecule has 7 heteroatoms. The lowest BCUT2D eigenvalue weighted by molar-refractivity contribution is -0.136. The number of carbonyl (C=O) groups is 2. The van der Waals surface area contributed by atoms with E-state index in [4.69, 9.17) is 14.6 Å². The Morgan fingerprint density at radius 3 is 2.24 bits per heavy atom. The Kier molecular flexibility index (Phi) is 4.74. The molecule has 1 aliphatic carbocycles. The first kappa shape index (κ1) is 20.5. The van der Waals surface area contributed by atoms with Crippen LogP contribution in [0.3, 0.4) is 0 Å². The second-order valence-electron chi connectivity index (χ2n) is 7.70. The smallest absolute Gasteiger partial charge is 0.307 e. The summed E-state index contributed by atoms with van der Waals surface area (Å²) in [6.45, 7) is 0. The van der Waals surface area contributed by atoms with Gasteiger partial charge in [0.05, 0.1) is 37.3 Å². The Balaban J connectivity index is 1.92. The molecule has 0 saturated heterocycles. The van der Waals surface area contributed by atoms with E-state index in [9.17, 15) is 14.4 Å². The first-order valence-corrected chi connectivity index (χ1v) is 10.2. The first-order chi connectivity index (χ1) is 16.0. The van der Waals surface area contributed by atoms with Crippen LogP contribution < -0.4 is 15.0 Å². The summed E-state index contributed by atoms with van der Waals surface area (Å²) in [6, 6.07) is 17.3. The number of nitrogens with zero attached hydrogens (tertiary/aromatic N) is 1. The number of carboxylic acids is 1. The topological polar surface area (TPSA) is 94.8 Å². The van der Waals surface area contributed by atoms with E-state index in [-0.39, 0.29) is 28.9 Å². The van der Waals surface area contributed by atoms with Gasteiger partial charge in [-0.05, 0) is 29.8 Å². The average molecular weight is 441 g/mol. The Morgan fingerprint density at radius 2 is 1.61 bits per heavy atom. The molecule has 0 unspecified atom stereocenters. The minimum absolute atomic E-state index is 0.128. The molecule has 7 nitrogen and oxygen atoms in total. The lowest BCUT2D eigenvalue weighted by atomic mass is 10.0. The van der Waals surface area contributed by atoms with Gasteiger partial charge in [-0.2, -0.15) is 0 Å². The number of aliphatic carboxylic acids is 1. The fourth-order valence-corrected chi connectivity index (χ4v) is 4.49. The van der Waals surface area contributed by atoms with Crippen molar-refractivity contribution < 1.29 is 24.2 Å². The minimum atomic E-state index is -0.942. The molecule has 0 fully saturated rings. The van der Waals surface area contributed by atoms with Gasteiger partial charge in [-0.3, -0.25) is 19.0 Å². The molecule has 0 aliphatic heterocycles. The van der Waals surface area contributed by atoms with Crippen LogP contribution in [0.4, 0.5) is 0 Å². The fraction of sp³-hybridized carbons (Fsp3) is 0.115. The van der Waals surface area contributed by atoms with Gasteiger partial charge in [0.15, 0.2) is 17.3 Å². The molecule has 3 aromatic carbocycles. The summed E-state index contributed by atoms with van der Waals surface area (Å²) in [4.78, 5) is 38.5. The molecule has 164 valence electrons. The summed E-state index contributed by atoms with van der Waals surface area (Å²) in [5, 5.41) is 9.80. The second kappa shape index (κ2) is 7.63. The number of hydrogen-bond donors (Lipinski definition) is 1. The van der Waals surface area contributed by atoms with Crippen LogP contribution in [-0.4, -0.2) is 35.6 Å². The molecule has 0 atom stereocenters. The molecule has 1 N–H and O–H groups in total. The summed E-state index contributed by atoms with van der Waals surface area (Å²) in [7, 11) is 2.93. The number of benzene rings is 3. The predicted octanol–water partition coefficient (Wildman–Crippen LogP) is 3.85. The van der Waals surface area contributed by atoms with Crippen molar-refractivity contribution in [1.29, 1.82) is 0 Å². The number of carboxylic acid groups (broad SMARTS) is 1. The van der Waals surface area contributed by atoms with Crippen molar-refractivity contribution in [3.63, 3.8) is 0 Å². The zero-order valence-corrected chi connectivity index (χ0v) is 17.9. The number of rotatable bonds is 5. The van der Waals surface area contributed by atoms with Crippen molar-refractivity contribution in [2.45, 2.75) is 6.42 Å². The standard InChI is InChI=1S/C26H19NO6/c1-32-19-12-11-18-21-23(16-5-3-4-6-17(16)24(21)30)27(26(31)22(18)25(19)33-2)15-9-7-14(8-10-15)13-20(28)29/h3-12H,13H2,1-2H3,(H,28,29). The molecular weight excluding hydrogens is 422 g/mol. The number of hydrogen-bond acceptors (Lipinski definition) is 5. The van der Waals surface area contributed by atoms with Gasteiger partial charge in [0, 0.05) is 22.2 Å². The molecule has 5 rings (SSSR count). The second-order valence-corrected chi connectivity index (χ2v) is 7.70. The molecule has 33 heavy (non-hydrogen) atoms. The van der Waals surface area contributed by atoms with Crippen molar-refractivity contribution >= 4 is 22.5 Å². The Labute approximate surface area is 188 Å². The highest BCUT2D eigenvalue weighted by atomic mass is 16.5. The largest absolute Gasteiger partial charge is 0.493 e. The molecule has 1 heterocycles. The highest BCUT2D eigenvalue weighted by Gasteiger charge is 2.34. The Hall–Kier alpha value is -4.39. The van der Waals surface area contributed by atoms with Gasteiger partial charge in [0.25, 0.3) is 5.56 Å². The number of fused-ring (bicyclic) bond motifs is 5. The normalized spacial score (nSPS) is 11.9. The van der Waals surface area contributed by atoms with Crippen LogP contribution in [0, 0.1) is 0 Å². The predicted molar refractivity (Wildman–Crippen MR) is 123 cm³/mol. The van der Waals surface area contributed by atoms with Gasteiger partial charge in [-0.25, -0.2) is 0 Å². The number of carbonyl (C=O) groups excluding carboxylic acids is 1. The lowest BCUT2D eigenvalue weighted by Gasteiger charge is -2.18. The zero-order valence-electron chi connectivity index (χ0n) is 17.9. The van der Waals surface area contributed by atoms with Crippen molar-refractivity contribution in [1.82, 2.24) is 4.57 Å². The van der Waals surface area contributed by atoms with Crippen molar-refractivity contribution in [2.75, 3.05) is 14.2 Å². The number of ether oxygens (including phenoxy) is 2. The van der Waals surface area contributed by atoms with Gasteiger partial charge in [0.1, 0.15) is 0 Å². The highest BCUT2D eigenvalue weighted by molar-refractivity contribution is 6.27.